The molecule has 1 aromatic carbocycles. The van der Waals surface area contributed by atoms with Crippen LogP contribution < -0.4 is 5.32 Å². The molecule has 94 valence electrons. The maximum absolute atomic E-state index is 10.3. The van der Waals surface area contributed by atoms with Crippen LogP contribution in [-0.4, -0.2) is 35.3 Å². The summed E-state index contributed by atoms with van der Waals surface area (Å²) in [5.41, 5.74) is 1.96. The Kier molecular flexibility index (Phi) is 3.52. The summed E-state index contributed by atoms with van der Waals surface area (Å²) >= 11 is 0. The molecular formula is C11H13N5O2. The van der Waals surface area contributed by atoms with E-state index >= 15 is 0 Å². The fraction of sp³-hybridized carbons (Fsp3) is 0.273. The lowest BCUT2D eigenvalue weighted by molar-refractivity contribution is -0.485. The van der Waals surface area contributed by atoms with Gasteiger partial charge in [-0.2, -0.15) is 0 Å². The number of aryl methyl sites for hydroxylation is 1. The first-order valence-electron chi connectivity index (χ1n) is 5.49. The maximum atomic E-state index is 10.3. The van der Waals surface area contributed by atoms with Crippen molar-refractivity contribution in [2.45, 2.75) is 6.92 Å². The first-order valence-corrected chi connectivity index (χ1v) is 5.49. The molecular weight excluding hydrogens is 234 g/mol. The summed E-state index contributed by atoms with van der Waals surface area (Å²) in [6.07, 6.45) is 1.55. The van der Waals surface area contributed by atoms with E-state index in [1.807, 2.05) is 31.2 Å². The summed E-state index contributed by atoms with van der Waals surface area (Å²) < 4.78 is 0. The molecule has 2 rings (SSSR count). The summed E-state index contributed by atoms with van der Waals surface area (Å²) in [5.74, 6) is 0.218. The Balaban J connectivity index is 2.08. The van der Waals surface area contributed by atoms with Gasteiger partial charge in [0.1, 0.15) is 5.10 Å². The Labute approximate surface area is 104 Å². The molecule has 0 saturated carbocycles. The average molecular weight is 247 g/mol. The van der Waals surface area contributed by atoms with E-state index in [0.29, 0.717) is 13.1 Å². The van der Waals surface area contributed by atoms with Crippen LogP contribution >= 0.6 is 0 Å². The second-order valence-electron chi connectivity index (χ2n) is 3.86. The number of aliphatic imine (C=N–C) groups is 1. The standard InChI is InChI=1S/C11H13N5O2/c1-9-2-4-10(5-3-9)13-8-15-7-6-12-11(15)14-16(17)18/h2-5,8H,6-7H2,1H3,(H,12,14)/b13-8+. The average Bonchev–Trinajstić information content (AvgIpc) is 2.75. The van der Waals surface area contributed by atoms with Gasteiger partial charge in [-0.05, 0) is 19.1 Å². The quantitative estimate of drug-likeness (QED) is 0.375. The highest BCUT2D eigenvalue weighted by Crippen LogP contribution is 2.12. The zero-order valence-corrected chi connectivity index (χ0v) is 9.91. The van der Waals surface area contributed by atoms with E-state index in [0.717, 1.165) is 11.3 Å². The highest BCUT2D eigenvalue weighted by molar-refractivity contribution is 5.92. The van der Waals surface area contributed by atoms with Gasteiger partial charge in [0.25, 0.3) is 5.96 Å². The van der Waals surface area contributed by atoms with E-state index in [9.17, 15) is 10.1 Å². The van der Waals surface area contributed by atoms with Crippen LogP contribution in [0.25, 0.3) is 0 Å². The third-order valence-corrected chi connectivity index (χ3v) is 2.46. The van der Waals surface area contributed by atoms with Crippen molar-refractivity contribution in [3.63, 3.8) is 0 Å². The van der Waals surface area contributed by atoms with Gasteiger partial charge in [0.2, 0.25) is 0 Å². The number of hydrogen-bond acceptors (Lipinski definition) is 3. The van der Waals surface area contributed by atoms with Gasteiger partial charge in [0.15, 0.2) is 5.03 Å². The number of nitrogens with one attached hydrogen (secondary N) is 1. The van der Waals surface area contributed by atoms with Crippen molar-refractivity contribution in [3.05, 3.63) is 39.9 Å². The number of nitrogens with zero attached hydrogens (tertiary/aromatic N) is 4. The molecule has 0 aliphatic carbocycles. The van der Waals surface area contributed by atoms with E-state index < -0.39 is 5.03 Å². The third-order valence-electron chi connectivity index (χ3n) is 2.46. The minimum absolute atomic E-state index is 0.218. The Bertz CT molecular complexity index is 495. The lowest BCUT2D eigenvalue weighted by atomic mass is 10.2. The Morgan fingerprint density at radius 3 is 2.83 bits per heavy atom. The highest BCUT2D eigenvalue weighted by atomic mass is 16.7. The fourth-order valence-corrected chi connectivity index (χ4v) is 1.55. The second kappa shape index (κ2) is 5.26. The number of hydrogen-bond donors (Lipinski definition) is 1. The summed E-state index contributed by atoms with van der Waals surface area (Å²) in [6.45, 7) is 3.23. The molecule has 1 aromatic rings. The van der Waals surface area contributed by atoms with Crippen LogP contribution in [0.2, 0.25) is 0 Å². The monoisotopic (exact) mass is 247 g/mol. The smallest absolute Gasteiger partial charge is 0.276 e. The van der Waals surface area contributed by atoms with Gasteiger partial charge in [0, 0.05) is 13.1 Å². The number of nitro groups is 1. The van der Waals surface area contributed by atoms with Crippen LogP contribution in [0.4, 0.5) is 5.69 Å². The van der Waals surface area contributed by atoms with E-state index in [-0.39, 0.29) is 5.96 Å². The van der Waals surface area contributed by atoms with Gasteiger partial charge in [-0.25, -0.2) is 15.1 Å². The molecule has 1 heterocycles. The topological polar surface area (TPSA) is 83.1 Å². The van der Waals surface area contributed by atoms with Crippen LogP contribution in [0.5, 0.6) is 0 Å². The lowest BCUT2D eigenvalue weighted by Gasteiger charge is -2.07. The first kappa shape index (κ1) is 12.0. The van der Waals surface area contributed by atoms with Crippen LogP contribution in [0.1, 0.15) is 5.56 Å². The van der Waals surface area contributed by atoms with Gasteiger partial charge in [-0.1, -0.05) is 17.7 Å². The van der Waals surface area contributed by atoms with Crippen molar-refractivity contribution in [1.82, 2.24) is 10.2 Å². The van der Waals surface area contributed by atoms with Gasteiger partial charge < -0.3 is 5.32 Å². The molecule has 0 aromatic heterocycles. The number of hydrazone groups is 1. The van der Waals surface area contributed by atoms with Gasteiger partial charge in [-0.3, -0.25) is 4.90 Å². The SMILES string of the molecule is Cc1ccc(/N=C/N2CCN/C2=N\[N+](=O)[O-])cc1. The van der Waals surface area contributed by atoms with Crippen molar-refractivity contribution in [1.29, 1.82) is 0 Å². The normalized spacial score (nSPS) is 17.4. The van der Waals surface area contributed by atoms with E-state index in [4.69, 9.17) is 0 Å². The van der Waals surface area contributed by atoms with Crippen LogP contribution in [0.15, 0.2) is 34.4 Å². The van der Waals surface area contributed by atoms with Crippen LogP contribution in [-0.2, 0) is 0 Å². The second-order valence-corrected chi connectivity index (χ2v) is 3.86. The molecule has 1 saturated heterocycles. The van der Waals surface area contributed by atoms with Crippen molar-refractivity contribution in [2.24, 2.45) is 10.1 Å². The maximum Gasteiger partial charge on any atom is 0.276 e. The molecule has 1 fully saturated rings. The number of benzene rings is 1. The van der Waals surface area contributed by atoms with Crippen molar-refractivity contribution in [2.75, 3.05) is 13.1 Å². The molecule has 1 aliphatic heterocycles. The summed E-state index contributed by atoms with van der Waals surface area (Å²) in [5, 5.41) is 15.7. The Morgan fingerprint density at radius 2 is 2.17 bits per heavy atom. The molecule has 18 heavy (non-hydrogen) atoms. The molecule has 0 radical (unpaired) electrons. The first-order chi connectivity index (χ1) is 8.65. The molecule has 1 aliphatic rings. The van der Waals surface area contributed by atoms with E-state index in [1.54, 1.807) is 11.2 Å². The van der Waals surface area contributed by atoms with Crippen molar-refractivity contribution < 1.29 is 5.03 Å². The predicted octanol–water partition coefficient (Wildman–Crippen LogP) is 1.11. The summed E-state index contributed by atoms with van der Waals surface area (Å²) in [6, 6.07) is 7.70. The molecule has 0 atom stereocenters. The summed E-state index contributed by atoms with van der Waals surface area (Å²) in [7, 11) is 0. The third kappa shape index (κ3) is 3.03. The number of rotatable bonds is 3. The molecule has 0 amide bonds. The van der Waals surface area contributed by atoms with E-state index in [2.05, 4.69) is 15.4 Å². The number of guanidine groups is 1. The van der Waals surface area contributed by atoms with Crippen molar-refractivity contribution >= 4 is 18.0 Å². The van der Waals surface area contributed by atoms with E-state index in [1.165, 1.54) is 0 Å². The molecule has 7 heteroatoms. The van der Waals surface area contributed by atoms with Gasteiger partial charge in [-0.15, -0.1) is 0 Å². The van der Waals surface area contributed by atoms with Gasteiger partial charge in [0.05, 0.1) is 12.0 Å². The lowest BCUT2D eigenvalue weighted by Crippen LogP contribution is -2.29. The molecule has 0 bridgehead atoms. The molecule has 0 spiro atoms. The highest BCUT2D eigenvalue weighted by Gasteiger charge is 2.19. The van der Waals surface area contributed by atoms with Gasteiger partial charge >= 0.3 is 0 Å². The molecule has 7 nitrogen and oxygen atoms in total. The molecule has 1 N–H and O–H groups in total. The van der Waals surface area contributed by atoms with Crippen molar-refractivity contribution in [3.8, 4) is 0 Å². The predicted molar refractivity (Wildman–Crippen MR) is 68.5 cm³/mol. The molecule has 0 unspecified atom stereocenters. The van der Waals surface area contributed by atoms with Crippen LogP contribution in [0.3, 0.4) is 0 Å². The zero-order chi connectivity index (χ0) is 13.0. The summed E-state index contributed by atoms with van der Waals surface area (Å²) in [4.78, 5) is 16.2. The van der Waals surface area contributed by atoms with Crippen LogP contribution in [0, 0.1) is 17.0 Å². The zero-order valence-electron chi connectivity index (χ0n) is 9.91. The Morgan fingerprint density at radius 1 is 1.44 bits per heavy atom. The fourth-order valence-electron chi connectivity index (χ4n) is 1.55. The minimum Gasteiger partial charge on any atom is -0.349 e. The Hall–Kier alpha value is -2.44. The minimum atomic E-state index is -0.722. The largest absolute Gasteiger partial charge is 0.349 e.